The van der Waals surface area contributed by atoms with Crippen LogP contribution in [0.4, 0.5) is 13.2 Å². The summed E-state index contributed by atoms with van der Waals surface area (Å²) >= 11 is 5.82. The fourth-order valence-corrected chi connectivity index (χ4v) is 2.37. The highest BCUT2D eigenvalue weighted by Crippen LogP contribution is 2.30. The monoisotopic (exact) mass is 310 g/mol. The van der Waals surface area contributed by atoms with Crippen LogP contribution in [0.3, 0.4) is 0 Å². The highest BCUT2D eigenvalue weighted by Gasteiger charge is 2.31. The molecule has 6 heteroatoms. The van der Waals surface area contributed by atoms with E-state index in [1.807, 2.05) is 0 Å². The Morgan fingerprint density at radius 2 is 1.76 bits per heavy atom. The topological polar surface area (TPSA) is 17.3 Å². The molecule has 0 saturated carbocycles. The fourth-order valence-electron chi connectivity index (χ4n) is 2.24. The lowest BCUT2D eigenvalue weighted by molar-refractivity contribution is -0.127. The number of alkyl halides is 3. The zero-order valence-electron chi connectivity index (χ0n) is 10.7. The molecule has 0 N–H and O–H groups in total. The summed E-state index contributed by atoms with van der Waals surface area (Å²) in [6, 6.07) is 11.7. The molecule has 0 aliphatic carbocycles. The zero-order valence-corrected chi connectivity index (χ0v) is 11.5. The van der Waals surface area contributed by atoms with Crippen molar-refractivity contribution in [3.63, 3.8) is 0 Å². The van der Waals surface area contributed by atoms with Crippen LogP contribution in [0, 0.1) is 0 Å². The molecule has 21 heavy (non-hydrogen) atoms. The average Bonchev–Trinajstić information content (AvgIpc) is 2.77. The lowest BCUT2D eigenvalue weighted by Gasteiger charge is -2.08. The minimum Gasteiger partial charge on any atom is -0.303 e. The lowest BCUT2D eigenvalue weighted by Crippen LogP contribution is -2.14. The van der Waals surface area contributed by atoms with Crippen molar-refractivity contribution >= 4 is 17.2 Å². The van der Waals surface area contributed by atoms with Gasteiger partial charge < -0.3 is 4.40 Å². The molecule has 0 saturated heterocycles. The first-order valence-electron chi connectivity index (χ1n) is 6.23. The summed E-state index contributed by atoms with van der Waals surface area (Å²) in [4.78, 5) is 4.32. The number of nitrogens with zero attached hydrogens (tertiary/aromatic N) is 2. The number of aromatic nitrogens is 2. The van der Waals surface area contributed by atoms with E-state index < -0.39 is 12.6 Å². The number of rotatable bonds is 2. The van der Waals surface area contributed by atoms with Crippen LogP contribution >= 0.6 is 11.6 Å². The second-order valence-electron chi connectivity index (χ2n) is 4.63. The van der Waals surface area contributed by atoms with Crippen LogP contribution in [-0.2, 0) is 6.42 Å². The molecule has 0 spiro atoms. The third-order valence-electron chi connectivity index (χ3n) is 3.11. The maximum Gasteiger partial charge on any atom is 0.394 e. The van der Waals surface area contributed by atoms with E-state index >= 15 is 0 Å². The van der Waals surface area contributed by atoms with Crippen molar-refractivity contribution in [1.29, 1.82) is 0 Å². The molecule has 0 fully saturated rings. The van der Waals surface area contributed by atoms with Gasteiger partial charge in [-0.05, 0) is 24.3 Å². The van der Waals surface area contributed by atoms with Gasteiger partial charge in [-0.2, -0.15) is 13.2 Å². The molecule has 3 rings (SSSR count). The van der Waals surface area contributed by atoms with Crippen molar-refractivity contribution in [2.45, 2.75) is 12.6 Å². The van der Waals surface area contributed by atoms with Gasteiger partial charge in [-0.15, -0.1) is 0 Å². The number of pyridine rings is 1. The summed E-state index contributed by atoms with van der Waals surface area (Å²) < 4.78 is 40.0. The predicted octanol–water partition coefficient (Wildman–Crippen LogP) is 4.76. The maximum absolute atomic E-state index is 12.8. The quantitative estimate of drug-likeness (QED) is 0.667. The molecule has 108 valence electrons. The molecular formula is C15H10ClF3N2. The van der Waals surface area contributed by atoms with Crippen LogP contribution in [0.2, 0.25) is 5.02 Å². The van der Waals surface area contributed by atoms with E-state index in [4.69, 9.17) is 11.6 Å². The molecule has 0 unspecified atom stereocenters. The standard InChI is InChI=1S/C15H10ClF3N2/c16-11-6-4-10(5-7-11)14-12(9-15(17,18)19)21-8-2-1-3-13(21)20-14/h1-8H,9H2. The Bertz CT molecular complexity index is 776. The molecule has 3 aromatic rings. The van der Waals surface area contributed by atoms with Crippen LogP contribution in [0.25, 0.3) is 16.9 Å². The Balaban J connectivity index is 2.21. The number of hydrogen-bond donors (Lipinski definition) is 0. The van der Waals surface area contributed by atoms with Crippen molar-refractivity contribution < 1.29 is 13.2 Å². The molecule has 0 radical (unpaired) electrons. The van der Waals surface area contributed by atoms with Crippen molar-refractivity contribution in [1.82, 2.24) is 9.38 Å². The first-order valence-corrected chi connectivity index (χ1v) is 6.60. The van der Waals surface area contributed by atoms with Gasteiger partial charge in [0.15, 0.2) is 0 Å². The Labute approximate surface area is 123 Å². The second kappa shape index (κ2) is 5.07. The molecular weight excluding hydrogens is 301 g/mol. The van der Waals surface area contributed by atoms with Gasteiger partial charge in [0.05, 0.1) is 17.8 Å². The molecule has 0 aliphatic rings. The van der Waals surface area contributed by atoms with E-state index in [1.165, 1.54) is 4.40 Å². The number of fused-ring (bicyclic) bond motifs is 1. The van der Waals surface area contributed by atoms with Gasteiger partial charge in [0.1, 0.15) is 5.65 Å². The Hall–Kier alpha value is -2.01. The Kier molecular flexibility index (Phi) is 3.37. The zero-order chi connectivity index (χ0) is 15.0. The highest BCUT2D eigenvalue weighted by molar-refractivity contribution is 6.30. The summed E-state index contributed by atoms with van der Waals surface area (Å²) in [5.41, 5.74) is 1.56. The average molecular weight is 311 g/mol. The first-order chi connectivity index (χ1) is 9.94. The number of halogens is 4. The van der Waals surface area contributed by atoms with E-state index in [-0.39, 0.29) is 5.69 Å². The Morgan fingerprint density at radius 3 is 2.43 bits per heavy atom. The predicted molar refractivity (Wildman–Crippen MR) is 75.4 cm³/mol. The molecule has 0 bridgehead atoms. The van der Waals surface area contributed by atoms with Crippen molar-refractivity contribution in [2.24, 2.45) is 0 Å². The number of imidazole rings is 1. The van der Waals surface area contributed by atoms with Gasteiger partial charge in [-0.25, -0.2) is 4.98 Å². The minimum atomic E-state index is -4.30. The van der Waals surface area contributed by atoms with Crippen LogP contribution in [0.1, 0.15) is 5.69 Å². The summed E-state index contributed by atoms with van der Waals surface area (Å²) in [5, 5.41) is 0.528. The third kappa shape index (κ3) is 2.88. The highest BCUT2D eigenvalue weighted by atomic mass is 35.5. The normalized spacial score (nSPS) is 12.0. The largest absolute Gasteiger partial charge is 0.394 e. The van der Waals surface area contributed by atoms with E-state index in [0.717, 1.165) is 0 Å². The SMILES string of the molecule is FC(F)(F)Cc1c(-c2ccc(Cl)cc2)nc2ccccn12. The Morgan fingerprint density at radius 1 is 1.05 bits per heavy atom. The van der Waals surface area contributed by atoms with Crippen LogP contribution in [-0.4, -0.2) is 15.6 Å². The van der Waals surface area contributed by atoms with Crippen molar-refractivity contribution in [2.75, 3.05) is 0 Å². The molecule has 1 aromatic carbocycles. The molecule has 2 heterocycles. The van der Waals surface area contributed by atoms with Crippen LogP contribution < -0.4 is 0 Å². The smallest absolute Gasteiger partial charge is 0.303 e. The maximum atomic E-state index is 12.8. The first kappa shape index (κ1) is 13.9. The lowest BCUT2D eigenvalue weighted by atomic mass is 10.1. The van der Waals surface area contributed by atoms with Crippen LogP contribution in [0.15, 0.2) is 48.7 Å². The third-order valence-corrected chi connectivity index (χ3v) is 3.37. The molecule has 0 amide bonds. The fraction of sp³-hybridized carbons (Fsp3) is 0.133. The molecule has 0 aliphatic heterocycles. The van der Waals surface area contributed by atoms with E-state index in [1.54, 1.807) is 48.7 Å². The van der Waals surface area contributed by atoms with E-state index in [2.05, 4.69) is 4.98 Å². The van der Waals surface area contributed by atoms with E-state index in [0.29, 0.717) is 21.9 Å². The van der Waals surface area contributed by atoms with Crippen LogP contribution in [0.5, 0.6) is 0 Å². The molecule has 2 aromatic heterocycles. The van der Waals surface area contributed by atoms with Gasteiger partial charge >= 0.3 is 6.18 Å². The molecule has 2 nitrogen and oxygen atoms in total. The van der Waals surface area contributed by atoms with Gasteiger partial charge in [-0.1, -0.05) is 29.8 Å². The van der Waals surface area contributed by atoms with Crippen molar-refractivity contribution in [3.8, 4) is 11.3 Å². The van der Waals surface area contributed by atoms with Crippen molar-refractivity contribution in [3.05, 3.63) is 59.4 Å². The minimum absolute atomic E-state index is 0.125. The number of benzene rings is 1. The number of hydrogen-bond acceptors (Lipinski definition) is 1. The second-order valence-corrected chi connectivity index (χ2v) is 5.07. The summed E-state index contributed by atoms with van der Waals surface area (Å²) in [7, 11) is 0. The summed E-state index contributed by atoms with van der Waals surface area (Å²) in [6.07, 6.45) is -3.74. The summed E-state index contributed by atoms with van der Waals surface area (Å²) in [6.45, 7) is 0. The van der Waals surface area contributed by atoms with Gasteiger partial charge in [0.2, 0.25) is 0 Å². The summed E-state index contributed by atoms with van der Waals surface area (Å²) in [5.74, 6) is 0. The van der Waals surface area contributed by atoms with Gasteiger partial charge in [-0.3, -0.25) is 0 Å². The van der Waals surface area contributed by atoms with Gasteiger partial charge in [0.25, 0.3) is 0 Å². The molecule has 0 atom stereocenters. The van der Waals surface area contributed by atoms with Gasteiger partial charge in [0, 0.05) is 16.8 Å². The van der Waals surface area contributed by atoms with E-state index in [9.17, 15) is 13.2 Å².